The van der Waals surface area contributed by atoms with Gasteiger partial charge >= 0.3 is 0 Å². The van der Waals surface area contributed by atoms with E-state index in [4.69, 9.17) is 5.73 Å². The Morgan fingerprint density at radius 2 is 1.71 bits per heavy atom. The Balaban J connectivity index is 3.79. The molecule has 0 unspecified atom stereocenters. The van der Waals surface area contributed by atoms with Crippen LogP contribution in [0.4, 0.5) is 0 Å². The molecule has 0 heterocycles. The fourth-order valence-electron chi connectivity index (χ4n) is 0. The molecule has 42 valence electrons. The lowest BCUT2D eigenvalue weighted by atomic mass is 10.0. The molecule has 0 aromatic rings. The molecule has 0 atom stereocenters. The normalized spacial score (nSPS) is 11.4. The van der Waals surface area contributed by atoms with E-state index in [2.05, 4.69) is 0 Å². The number of carbonyl (C=O) groups excluding carboxylic acids is 1. The first-order valence-electron chi connectivity index (χ1n) is 2.24. The molecule has 7 heavy (non-hydrogen) atoms. The number of nitrogens with two attached hydrogens (primary N) is 1. The number of hydrogen-bond acceptors (Lipinski definition) is 2. The number of ketones is 1. The molecule has 0 aliphatic rings. The highest BCUT2D eigenvalue weighted by molar-refractivity contribution is 5.84. The van der Waals surface area contributed by atoms with Crippen molar-refractivity contribution >= 4 is 5.78 Å². The Labute approximate surface area is 43.7 Å². The van der Waals surface area contributed by atoms with Crippen molar-refractivity contribution in [3.63, 3.8) is 0 Å². The number of Topliss-reactive ketones (excluding diaryl/α,β-unsaturated/α-hetero) is 1. The monoisotopic (exact) mass is 101 g/mol. The molecule has 0 radical (unpaired) electrons. The molecular weight excluding hydrogens is 90.1 g/mol. The highest BCUT2D eigenvalue weighted by Crippen LogP contribution is 1.95. The van der Waals surface area contributed by atoms with Gasteiger partial charge in [0, 0.05) is 0 Å². The van der Waals surface area contributed by atoms with Crippen molar-refractivity contribution in [2.45, 2.75) is 26.3 Å². The van der Waals surface area contributed by atoms with E-state index in [-0.39, 0.29) is 5.78 Å². The van der Waals surface area contributed by atoms with Crippen LogP contribution in [0.15, 0.2) is 0 Å². The van der Waals surface area contributed by atoms with Gasteiger partial charge in [0.25, 0.3) is 0 Å². The van der Waals surface area contributed by atoms with Crippen LogP contribution < -0.4 is 5.73 Å². The van der Waals surface area contributed by atoms with E-state index in [1.807, 2.05) is 0 Å². The standard InChI is InChI=1S/C5H11NO/c1-4(7)5(2,3)6/h6H2,1-3H3. The van der Waals surface area contributed by atoms with Crippen LogP contribution in [0.3, 0.4) is 0 Å². The Morgan fingerprint density at radius 1 is 1.57 bits per heavy atom. The van der Waals surface area contributed by atoms with E-state index in [1.165, 1.54) is 6.92 Å². The summed E-state index contributed by atoms with van der Waals surface area (Å²) in [5, 5.41) is 0. The van der Waals surface area contributed by atoms with E-state index in [0.717, 1.165) is 0 Å². The highest BCUT2D eigenvalue weighted by Gasteiger charge is 2.15. The maximum Gasteiger partial charge on any atom is 0.149 e. The van der Waals surface area contributed by atoms with Crippen LogP contribution >= 0.6 is 0 Å². The minimum Gasteiger partial charge on any atom is -0.319 e. The van der Waals surface area contributed by atoms with Gasteiger partial charge in [-0.3, -0.25) is 4.79 Å². The first-order valence-corrected chi connectivity index (χ1v) is 2.24. The van der Waals surface area contributed by atoms with Crippen molar-refractivity contribution in [1.82, 2.24) is 0 Å². The van der Waals surface area contributed by atoms with Gasteiger partial charge in [-0.15, -0.1) is 0 Å². The molecule has 2 nitrogen and oxygen atoms in total. The van der Waals surface area contributed by atoms with Gasteiger partial charge in [0.05, 0.1) is 5.54 Å². The van der Waals surface area contributed by atoms with Crippen molar-refractivity contribution < 1.29 is 4.79 Å². The lowest BCUT2D eigenvalue weighted by Gasteiger charge is -2.11. The molecule has 0 saturated carbocycles. The van der Waals surface area contributed by atoms with E-state index >= 15 is 0 Å². The molecule has 0 amide bonds. The van der Waals surface area contributed by atoms with Crippen LogP contribution in [-0.4, -0.2) is 11.3 Å². The van der Waals surface area contributed by atoms with E-state index in [9.17, 15) is 4.79 Å². The molecule has 0 fully saturated rings. The van der Waals surface area contributed by atoms with Gasteiger partial charge in [-0.25, -0.2) is 0 Å². The van der Waals surface area contributed by atoms with Gasteiger partial charge in [0.2, 0.25) is 0 Å². The third kappa shape index (κ3) is 2.34. The van der Waals surface area contributed by atoms with Crippen molar-refractivity contribution in [1.29, 1.82) is 0 Å². The van der Waals surface area contributed by atoms with Crippen molar-refractivity contribution in [3.8, 4) is 0 Å². The zero-order valence-corrected chi connectivity index (χ0v) is 4.99. The fourth-order valence-corrected chi connectivity index (χ4v) is 0. The SMILES string of the molecule is CC(=O)C(C)(C)N. The van der Waals surface area contributed by atoms with Gasteiger partial charge < -0.3 is 5.73 Å². The maximum absolute atomic E-state index is 10.3. The largest absolute Gasteiger partial charge is 0.319 e. The van der Waals surface area contributed by atoms with Crippen molar-refractivity contribution in [3.05, 3.63) is 0 Å². The molecule has 0 aliphatic heterocycles. The highest BCUT2D eigenvalue weighted by atomic mass is 16.1. The summed E-state index contributed by atoms with van der Waals surface area (Å²) in [6, 6.07) is 0. The van der Waals surface area contributed by atoms with Gasteiger partial charge in [0.1, 0.15) is 5.78 Å². The van der Waals surface area contributed by atoms with Crippen LogP contribution in [0.25, 0.3) is 0 Å². The zero-order chi connectivity index (χ0) is 6.08. The maximum atomic E-state index is 10.3. The third-order valence-corrected chi connectivity index (χ3v) is 0.907. The quantitative estimate of drug-likeness (QED) is 0.516. The predicted octanol–water partition coefficient (Wildman–Crippen LogP) is 0.313. The Morgan fingerprint density at radius 3 is 1.71 bits per heavy atom. The summed E-state index contributed by atoms with van der Waals surface area (Å²) in [6.07, 6.45) is 0. The lowest BCUT2D eigenvalue weighted by molar-refractivity contribution is -0.120. The fraction of sp³-hybridized carbons (Fsp3) is 0.800. The summed E-state index contributed by atoms with van der Waals surface area (Å²) < 4.78 is 0. The number of hydrogen-bond donors (Lipinski definition) is 1. The molecular formula is C5H11NO. The minimum absolute atomic E-state index is 0.0208. The Hall–Kier alpha value is -0.370. The van der Waals surface area contributed by atoms with Gasteiger partial charge in [0.15, 0.2) is 0 Å². The summed E-state index contributed by atoms with van der Waals surface area (Å²) in [5.41, 5.74) is 4.69. The molecule has 0 spiro atoms. The average Bonchev–Trinajstić information content (AvgIpc) is 1.31. The Bertz CT molecular complexity index is 80.6. The molecule has 0 aromatic heterocycles. The lowest BCUT2D eigenvalue weighted by Crippen LogP contribution is -2.39. The molecule has 2 N–H and O–H groups in total. The molecule has 0 aromatic carbocycles. The molecule has 0 bridgehead atoms. The first kappa shape index (κ1) is 6.63. The molecule has 0 rings (SSSR count). The molecule has 0 saturated heterocycles. The molecule has 2 heteroatoms. The van der Waals surface area contributed by atoms with Crippen LogP contribution in [0.5, 0.6) is 0 Å². The van der Waals surface area contributed by atoms with E-state index < -0.39 is 5.54 Å². The topological polar surface area (TPSA) is 43.1 Å². The molecule has 0 aliphatic carbocycles. The van der Waals surface area contributed by atoms with Crippen LogP contribution in [0.2, 0.25) is 0 Å². The summed E-state index contributed by atoms with van der Waals surface area (Å²) >= 11 is 0. The number of rotatable bonds is 1. The van der Waals surface area contributed by atoms with Gasteiger partial charge in [-0.05, 0) is 20.8 Å². The Kier molecular flexibility index (Phi) is 1.53. The summed E-state index contributed by atoms with van der Waals surface area (Å²) in [6.45, 7) is 4.87. The van der Waals surface area contributed by atoms with E-state index in [0.29, 0.717) is 0 Å². The van der Waals surface area contributed by atoms with Crippen LogP contribution in [0.1, 0.15) is 20.8 Å². The second-order valence-corrected chi connectivity index (χ2v) is 2.28. The summed E-state index contributed by atoms with van der Waals surface area (Å²) in [4.78, 5) is 10.3. The summed E-state index contributed by atoms with van der Waals surface area (Å²) in [7, 11) is 0. The second kappa shape index (κ2) is 1.62. The third-order valence-electron chi connectivity index (χ3n) is 0.907. The van der Waals surface area contributed by atoms with Crippen molar-refractivity contribution in [2.75, 3.05) is 0 Å². The zero-order valence-electron chi connectivity index (χ0n) is 4.99. The second-order valence-electron chi connectivity index (χ2n) is 2.28. The van der Waals surface area contributed by atoms with E-state index in [1.54, 1.807) is 13.8 Å². The summed E-state index contributed by atoms with van der Waals surface area (Å²) in [5.74, 6) is 0.0208. The van der Waals surface area contributed by atoms with Crippen molar-refractivity contribution in [2.24, 2.45) is 5.73 Å². The predicted molar refractivity (Wildman–Crippen MR) is 28.9 cm³/mol. The first-order chi connectivity index (χ1) is 2.94. The minimum atomic E-state index is -0.639. The number of carbonyl (C=O) groups is 1. The van der Waals surface area contributed by atoms with Gasteiger partial charge in [-0.2, -0.15) is 0 Å². The average molecular weight is 101 g/mol. The van der Waals surface area contributed by atoms with Crippen LogP contribution in [0, 0.1) is 0 Å². The van der Waals surface area contributed by atoms with Crippen LogP contribution in [-0.2, 0) is 4.79 Å². The van der Waals surface area contributed by atoms with Gasteiger partial charge in [-0.1, -0.05) is 0 Å². The smallest absolute Gasteiger partial charge is 0.149 e.